The number of thioether (sulfide) groups is 1. The highest BCUT2D eigenvalue weighted by atomic mass is 35.5. The van der Waals surface area contributed by atoms with E-state index in [1.807, 2.05) is 36.4 Å². The number of hydrogen-bond acceptors (Lipinski definition) is 4. The number of sulfone groups is 1. The second-order valence-corrected chi connectivity index (χ2v) is 8.90. The normalized spacial score (nSPS) is 18.2. The summed E-state index contributed by atoms with van der Waals surface area (Å²) in [7, 11) is -3.26. The van der Waals surface area contributed by atoms with Crippen LogP contribution in [0, 0.1) is 0 Å². The molecule has 3 rings (SSSR count). The van der Waals surface area contributed by atoms with E-state index in [2.05, 4.69) is 0 Å². The Labute approximate surface area is 156 Å². The molecule has 0 saturated carbocycles. The molecule has 25 heavy (non-hydrogen) atoms. The first-order valence-electron chi connectivity index (χ1n) is 7.62. The molecular formula is C18H16ClNO3S2. The summed E-state index contributed by atoms with van der Waals surface area (Å²) < 4.78 is 23.6. The van der Waals surface area contributed by atoms with E-state index >= 15 is 0 Å². The van der Waals surface area contributed by atoms with Crippen LogP contribution in [0.15, 0.2) is 71.0 Å². The summed E-state index contributed by atoms with van der Waals surface area (Å²) in [5.41, 5.74) is 0.680. The number of halogens is 1. The van der Waals surface area contributed by atoms with Gasteiger partial charge in [0.05, 0.1) is 22.6 Å². The first kappa shape index (κ1) is 18.0. The lowest BCUT2D eigenvalue weighted by molar-refractivity contribution is -0.116. The summed E-state index contributed by atoms with van der Waals surface area (Å²) >= 11 is 7.47. The summed E-state index contributed by atoms with van der Waals surface area (Å²) in [4.78, 5) is 15.2. The van der Waals surface area contributed by atoms with E-state index in [9.17, 15) is 13.2 Å². The molecule has 0 aromatic heterocycles. The van der Waals surface area contributed by atoms with Crippen LogP contribution in [0.2, 0.25) is 5.02 Å². The lowest BCUT2D eigenvalue weighted by Crippen LogP contribution is -2.42. The van der Waals surface area contributed by atoms with Crippen molar-refractivity contribution in [1.82, 2.24) is 0 Å². The van der Waals surface area contributed by atoms with Crippen molar-refractivity contribution < 1.29 is 13.2 Å². The first-order chi connectivity index (χ1) is 12.0. The molecule has 0 N–H and O–H groups in total. The molecule has 1 aliphatic rings. The summed E-state index contributed by atoms with van der Waals surface area (Å²) in [5.74, 6) is -0.0872. The summed E-state index contributed by atoms with van der Waals surface area (Å²) in [6.07, 6.45) is 1.57. The van der Waals surface area contributed by atoms with Crippen LogP contribution in [0.25, 0.3) is 0 Å². The summed E-state index contributed by atoms with van der Waals surface area (Å²) in [6.45, 7) is 0. The number of anilines is 1. The topological polar surface area (TPSA) is 54.5 Å². The zero-order valence-electron chi connectivity index (χ0n) is 13.2. The van der Waals surface area contributed by atoms with E-state index < -0.39 is 15.9 Å². The fourth-order valence-corrected chi connectivity index (χ4v) is 4.97. The predicted octanol–water partition coefficient (Wildman–Crippen LogP) is 3.78. The van der Waals surface area contributed by atoms with Crippen LogP contribution in [0.5, 0.6) is 0 Å². The maximum Gasteiger partial charge on any atom is 0.237 e. The number of rotatable bonds is 5. The van der Waals surface area contributed by atoms with E-state index in [4.69, 9.17) is 11.6 Å². The maximum atomic E-state index is 12.9. The Morgan fingerprint density at radius 1 is 1.12 bits per heavy atom. The van der Waals surface area contributed by atoms with Crippen LogP contribution >= 0.6 is 23.4 Å². The number of carbonyl (C=O) groups excluding carboxylic acids is 1. The monoisotopic (exact) mass is 393 g/mol. The molecule has 1 heterocycles. The standard InChI is InChI=1S/C18H16ClNO3S2/c19-16-8-4-5-9-17(16)24-12-18(21)20(14-6-2-1-3-7-14)15-10-11-25(22,23)13-15/h1-11,15H,12-13H2/t15-/m0/s1. The van der Waals surface area contributed by atoms with Gasteiger partial charge in [-0.05, 0) is 30.3 Å². The van der Waals surface area contributed by atoms with Crippen LogP contribution in [0.1, 0.15) is 0 Å². The quantitative estimate of drug-likeness (QED) is 0.725. The number of hydrogen-bond donors (Lipinski definition) is 0. The van der Waals surface area contributed by atoms with Crippen LogP contribution < -0.4 is 4.90 Å². The third-order valence-electron chi connectivity index (χ3n) is 3.73. The molecule has 0 radical (unpaired) electrons. The number of amides is 1. The van der Waals surface area contributed by atoms with Gasteiger partial charge in [-0.25, -0.2) is 8.42 Å². The second kappa shape index (κ2) is 7.64. The van der Waals surface area contributed by atoms with E-state index in [0.29, 0.717) is 10.7 Å². The average Bonchev–Trinajstić information content (AvgIpc) is 2.95. The minimum atomic E-state index is -3.26. The first-order valence-corrected chi connectivity index (χ1v) is 10.7. The highest BCUT2D eigenvalue weighted by Crippen LogP contribution is 2.29. The van der Waals surface area contributed by atoms with E-state index in [-0.39, 0.29) is 17.4 Å². The maximum absolute atomic E-state index is 12.9. The van der Waals surface area contributed by atoms with Crippen LogP contribution in [0.3, 0.4) is 0 Å². The highest BCUT2D eigenvalue weighted by Gasteiger charge is 2.31. The van der Waals surface area contributed by atoms with Gasteiger partial charge >= 0.3 is 0 Å². The largest absolute Gasteiger partial charge is 0.304 e. The Balaban J connectivity index is 1.81. The predicted molar refractivity (Wildman–Crippen MR) is 103 cm³/mol. The molecule has 1 amide bonds. The zero-order valence-corrected chi connectivity index (χ0v) is 15.6. The minimum Gasteiger partial charge on any atom is -0.304 e. The molecule has 2 aromatic rings. The van der Waals surface area contributed by atoms with Gasteiger partial charge in [0.15, 0.2) is 9.84 Å². The van der Waals surface area contributed by atoms with Crippen molar-refractivity contribution in [3.05, 3.63) is 71.1 Å². The van der Waals surface area contributed by atoms with Crippen molar-refractivity contribution >= 4 is 44.8 Å². The number of benzene rings is 2. The summed E-state index contributed by atoms with van der Waals surface area (Å²) in [5, 5.41) is 1.78. The van der Waals surface area contributed by atoms with Gasteiger partial charge in [-0.3, -0.25) is 4.79 Å². The SMILES string of the molecule is O=C(CSc1ccccc1Cl)N(c1ccccc1)[C@H]1C=CS(=O)(=O)C1. The van der Waals surface area contributed by atoms with Gasteiger partial charge in [0.2, 0.25) is 5.91 Å². The molecule has 4 nitrogen and oxygen atoms in total. The van der Waals surface area contributed by atoms with Gasteiger partial charge in [-0.15, -0.1) is 11.8 Å². The Kier molecular flexibility index (Phi) is 5.51. The Hall–Kier alpha value is -1.76. The van der Waals surface area contributed by atoms with Gasteiger partial charge in [-0.1, -0.05) is 41.9 Å². The highest BCUT2D eigenvalue weighted by molar-refractivity contribution is 8.00. The summed E-state index contributed by atoms with van der Waals surface area (Å²) in [6, 6.07) is 15.9. The fraction of sp³-hybridized carbons (Fsp3) is 0.167. The molecule has 0 saturated heterocycles. The van der Waals surface area contributed by atoms with Gasteiger partial charge in [0.25, 0.3) is 0 Å². The fourth-order valence-electron chi connectivity index (χ4n) is 2.60. The van der Waals surface area contributed by atoms with Crippen molar-refractivity contribution in [2.45, 2.75) is 10.9 Å². The van der Waals surface area contributed by atoms with Gasteiger partial charge in [-0.2, -0.15) is 0 Å². The molecule has 0 bridgehead atoms. The average molecular weight is 394 g/mol. The van der Waals surface area contributed by atoms with Gasteiger partial charge < -0.3 is 4.90 Å². The van der Waals surface area contributed by atoms with Crippen molar-refractivity contribution in [1.29, 1.82) is 0 Å². The smallest absolute Gasteiger partial charge is 0.237 e. The molecular weight excluding hydrogens is 378 g/mol. The molecule has 0 spiro atoms. The Morgan fingerprint density at radius 2 is 1.80 bits per heavy atom. The Bertz CT molecular complexity index is 898. The number of nitrogens with zero attached hydrogens (tertiary/aromatic N) is 1. The molecule has 0 aliphatic carbocycles. The van der Waals surface area contributed by atoms with Gasteiger partial charge in [0.1, 0.15) is 0 Å². The third kappa shape index (κ3) is 4.45. The van der Waals surface area contributed by atoms with E-state index in [1.165, 1.54) is 17.2 Å². The molecule has 1 aliphatic heterocycles. The Morgan fingerprint density at radius 3 is 2.44 bits per heavy atom. The molecule has 130 valence electrons. The van der Waals surface area contributed by atoms with E-state index in [1.54, 1.807) is 29.2 Å². The van der Waals surface area contributed by atoms with Crippen molar-refractivity contribution in [2.24, 2.45) is 0 Å². The van der Waals surface area contributed by atoms with Gasteiger partial charge in [0, 0.05) is 16.0 Å². The lowest BCUT2D eigenvalue weighted by atomic mass is 10.2. The number of carbonyl (C=O) groups is 1. The lowest BCUT2D eigenvalue weighted by Gasteiger charge is -2.27. The van der Waals surface area contributed by atoms with Crippen molar-refractivity contribution in [3.63, 3.8) is 0 Å². The second-order valence-electron chi connectivity index (χ2n) is 5.54. The van der Waals surface area contributed by atoms with Crippen LogP contribution in [-0.4, -0.2) is 31.9 Å². The molecule has 0 fully saturated rings. The van der Waals surface area contributed by atoms with E-state index in [0.717, 1.165) is 4.90 Å². The minimum absolute atomic E-state index is 0.0929. The van der Waals surface area contributed by atoms with Crippen LogP contribution in [-0.2, 0) is 14.6 Å². The molecule has 7 heteroatoms. The number of para-hydroxylation sites is 1. The molecule has 0 unspecified atom stereocenters. The van der Waals surface area contributed by atoms with Crippen LogP contribution in [0.4, 0.5) is 5.69 Å². The third-order valence-corrected chi connectivity index (χ3v) is 6.61. The van der Waals surface area contributed by atoms with Crippen molar-refractivity contribution in [3.8, 4) is 0 Å². The molecule has 2 aromatic carbocycles. The van der Waals surface area contributed by atoms with Crippen molar-refractivity contribution in [2.75, 3.05) is 16.4 Å². The zero-order chi connectivity index (χ0) is 17.9. The molecule has 1 atom stereocenters.